The number of fused-ring (bicyclic) bond motifs is 2. The van der Waals surface area contributed by atoms with Crippen LogP contribution in [0.1, 0.15) is 52.2 Å². The summed E-state index contributed by atoms with van der Waals surface area (Å²) < 4.78 is 47.1. The summed E-state index contributed by atoms with van der Waals surface area (Å²) in [4.78, 5) is 2.39. The van der Waals surface area contributed by atoms with Gasteiger partial charge < -0.3 is 42.8 Å². The largest absolute Gasteiger partial charge is 0.382 e. The molecule has 0 bridgehead atoms. The molecule has 0 unspecified atom stereocenters. The van der Waals surface area contributed by atoms with Gasteiger partial charge in [-0.15, -0.1) is 0 Å². The Morgan fingerprint density at radius 1 is 0.544 bits per heavy atom. The second kappa shape index (κ2) is 25.8. The molecule has 314 valence electrons. The van der Waals surface area contributed by atoms with Gasteiger partial charge >= 0.3 is 0 Å². The summed E-state index contributed by atoms with van der Waals surface area (Å²) in [6.07, 6.45) is 16.1. The molecule has 2 aliphatic heterocycles. The highest BCUT2D eigenvalue weighted by Gasteiger charge is 2.44. The second-order valence-corrected chi connectivity index (χ2v) is 14.9. The van der Waals surface area contributed by atoms with E-state index in [0.29, 0.717) is 92.5 Å². The molecule has 0 fully saturated rings. The lowest BCUT2D eigenvalue weighted by Gasteiger charge is -2.27. The van der Waals surface area contributed by atoms with Gasteiger partial charge in [-0.3, -0.25) is 0 Å². The first-order valence-electron chi connectivity index (χ1n) is 20.7. The number of hydrogen-bond donors (Lipinski definition) is 0. The zero-order valence-electron chi connectivity index (χ0n) is 35.5. The Kier molecular flexibility index (Phi) is 20.9. The Hall–Kier alpha value is -3.45. The van der Waals surface area contributed by atoms with Crippen molar-refractivity contribution in [2.45, 2.75) is 51.9 Å². The van der Waals surface area contributed by atoms with Crippen LogP contribution in [0.3, 0.4) is 0 Å². The van der Waals surface area contributed by atoms with E-state index in [1.165, 1.54) is 33.9 Å². The molecule has 4 rings (SSSR count). The molecule has 0 spiro atoms. The zero-order chi connectivity index (χ0) is 40.6. The van der Waals surface area contributed by atoms with E-state index >= 15 is 0 Å². The summed E-state index contributed by atoms with van der Waals surface area (Å²) in [5, 5.41) is 0. The number of methoxy groups -OCH3 is 1. The lowest BCUT2D eigenvalue weighted by Crippen LogP contribution is -2.29. The highest BCUT2D eigenvalue weighted by molar-refractivity contribution is 6.03. The van der Waals surface area contributed by atoms with E-state index in [2.05, 4.69) is 135 Å². The Labute approximate surface area is 342 Å². The van der Waals surface area contributed by atoms with Gasteiger partial charge in [-0.25, -0.2) is 0 Å². The minimum absolute atomic E-state index is 0.130. The molecular weight excluding hydrogens is 721 g/mol. The molecule has 0 radical (unpaired) electrons. The Morgan fingerprint density at radius 2 is 1.05 bits per heavy atom. The zero-order valence-corrected chi connectivity index (χ0v) is 35.5. The highest BCUT2D eigenvalue weighted by atomic mass is 16.6. The molecule has 2 aromatic rings. The average molecular weight is 790 g/mol. The summed E-state index contributed by atoms with van der Waals surface area (Å²) >= 11 is 0. The molecule has 0 N–H and O–H groups in total. The van der Waals surface area contributed by atoms with Crippen LogP contribution in [0.5, 0.6) is 0 Å². The van der Waals surface area contributed by atoms with E-state index in [0.717, 1.165) is 26.1 Å². The number of rotatable bonds is 30. The molecule has 0 saturated heterocycles. The number of allylic oxidation sites excluding steroid dienone is 8. The van der Waals surface area contributed by atoms with Crippen LogP contribution in [0.4, 0.5) is 11.4 Å². The molecule has 0 amide bonds. The van der Waals surface area contributed by atoms with Crippen LogP contribution >= 0.6 is 0 Å². The number of benzene rings is 2. The minimum atomic E-state index is -0.131. The van der Waals surface area contributed by atoms with Crippen molar-refractivity contribution in [2.24, 2.45) is 0 Å². The van der Waals surface area contributed by atoms with Crippen molar-refractivity contribution in [3.05, 3.63) is 108 Å². The van der Waals surface area contributed by atoms with Crippen LogP contribution < -0.4 is 4.90 Å². The first kappa shape index (κ1) is 46.2. The lowest BCUT2D eigenvalue weighted by atomic mass is 9.81. The number of hydrogen-bond acceptors (Lipinski definition) is 9. The summed E-state index contributed by atoms with van der Waals surface area (Å²) in [6, 6.07) is 17.3. The molecule has 57 heavy (non-hydrogen) atoms. The van der Waals surface area contributed by atoms with Crippen molar-refractivity contribution in [1.29, 1.82) is 0 Å². The lowest BCUT2D eigenvalue weighted by molar-refractivity contribution is -0.442. The van der Waals surface area contributed by atoms with E-state index in [9.17, 15) is 0 Å². The van der Waals surface area contributed by atoms with Crippen molar-refractivity contribution < 1.29 is 42.5 Å². The Morgan fingerprint density at radius 3 is 1.68 bits per heavy atom. The van der Waals surface area contributed by atoms with E-state index in [-0.39, 0.29) is 10.8 Å². The molecule has 10 nitrogen and oxygen atoms in total. The van der Waals surface area contributed by atoms with E-state index in [1.54, 1.807) is 7.11 Å². The molecule has 0 aliphatic carbocycles. The topological polar surface area (TPSA) is 80.1 Å². The predicted molar refractivity (Wildman–Crippen MR) is 229 cm³/mol. The van der Waals surface area contributed by atoms with Crippen molar-refractivity contribution in [3.8, 4) is 0 Å². The van der Waals surface area contributed by atoms with Crippen LogP contribution in [-0.4, -0.2) is 130 Å². The smallest absolute Gasteiger partial charge is 0.209 e. The Bertz CT molecular complexity index is 1610. The number of para-hydroxylation sites is 2. The molecule has 2 aromatic carbocycles. The summed E-state index contributed by atoms with van der Waals surface area (Å²) in [6.45, 7) is 21.6. The van der Waals surface area contributed by atoms with Gasteiger partial charge in [0.2, 0.25) is 5.69 Å². The fraction of sp³-hybridized carbons (Fsp3) is 0.553. The van der Waals surface area contributed by atoms with Crippen molar-refractivity contribution in [1.82, 2.24) is 0 Å². The normalized spacial score (nSPS) is 16.7. The maximum absolute atomic E-state index is 6.00. The molecular formula is C47H69N2O8+. The van der Waals surface area contributed by atoms with Crippen LogP contribution in [0.2, 0.25) is 0 Å². The van der Waals surface area contributed by atoms with Crippen molar-refractivity contribution in [3.63, 3.8) is 0 Å². The van der Waals surface area contributed by atoms with E-state index < -0.39 is 0 Å². The standard InChI is InChI=1S/C47H69N2O8/c1-7-25-51-30-33-55-38-39-57-35-32-53-27-24-49-43-20-16-14-18-41(43)47(4,5)45(49)22-12-10-8-9-11-21-44-46(2,3)40-17-13-15-19-42(40)48(44)23-26-52-31-34-56-37-36-54-29-28-50-6/h8-22H,7,23-39H2,1-6H3/q+1. The molecule has 0 aromatic heterocycles. The fourth-order valence-corrected chi connectivity index (χ4v) is 7.15. The Balaban J connectivity index is 1.28. The summed E-state index contributed by atoms with van der Waals surface area (Å²) in [7, 11) is 1.67. The maximum Gasteiger partial charge on any atom is 0.209 e. The van der Waals surface area contributed by atoms with Gasteiger partial charge in [0.1, 0.15) is 6.61 Å². The third kappa shape index (κ3) is 14.4. The first-order valence-corrected chi connectivity index (χ1v) is 20.7. The van der Waals surface area contributed by atoms with Crippen LogP contribution in [0.25, 0.3) is 0 Å². The number of anilines is 1. The molecule has 2 aliphatic rings. The summed E-state index contributed by atoms with van der Waals surface area (Å²) in [5.74, 6) is 0. The van der Waals surface area contributed by atoms with Gasteiger partial charge in [0, 0.05) is 54.8 Å². The molecule has 10 heteroatoms. The quantitative estimate of drug-likeness (QED) is 0.0452. The highest BCUT2D eigenvalue weighted by Crippen LogP contribution is 2.47. The maximum atomic E-state index is 6.00. The minimum Gasteiger partial charge on any atom is -0.382 e. The van der Waals surface area contributed by atoms with Crippen LogP contribution in [0.15, 0.2) is 96.8 Å². The van der Waals surface area contributed by atoms with Crippen LogP contribution in [-0.2, 0) is 48.7 Å². The number of ether oxygens (including phenoxy) is 8. The van der Waals surface area contributed by atoms with Gasteiger partial charge in [-0.05, 0) is 38.0 Å². The van der Waals surface area contributed by atoms with Gasteiger partial charge in [-0.1, -0.05) is 87.5 Å². The molecule has 2 heterocycles. The van der Waals surface area contributed by atoms with Gasteiger partial charge in [-0.2, -0.15) is 4.58 Å². The SMILES string of the molecule is CCCOCCOCCOCCOCCN1/C(=C/C=C\C=C/C=C\C2=[N+](CCOCCOCCOCCOC)c3ccccc3C2(C)C)C(C)(C)c2ccccc21. The second-order valence-electron chi connectivity index (χ2n) is 14.9. The molecule has 0 saturated carbocycles. The van der Waals surface area contributed by atoms with Crippen LogP contribution in [0, 0.1) is 0 Å². The summed E-state index contributed by atoms with van der Waals surface area (Å²) in [5.41, 5.74) is 7.36. The fourth-order valence-electron chi connectivity index (χ4n) is 7.15. The third-order valence-electron chi connectivity index (χ3n) is 10.1. The van der Waals surface area contributed by atoms with Crippen molar-refractivity contribution >= 4 is 17.1 Å². The van der Waals surface area contributed by atoms with Gasteiger partial charge in [0.05, 0.1) is 91.3 Å². The van der Waals surface area contributed by atoms with E-state index in [1.807, 2.05) is 0 Å². The third-order valence-corrected chi connectivity index (χ3v) is 10.1. The average Bonchev–Trinajstić information content (AvgIpc) is 3.56. The monoisotopic (exact) mass is 790 g/mol. The predicted octanol–water partition coefficient (Wildman–Crippen LogP) is 7.59. The van der Waals surface area contributed by atoms with E-state index in [4.69, 9.17) is 37.9 Å². The van der Waals surface area contributed by atoms with Crippen molar-refractivity contribution in [2.75, 3.05) is 124 Å². The first-order chi connectivity index (χ1) is 27.8. The molecule has 0 atom stereocenters. The van der Waals surface area contributed by atoms with Gasteiger partial charge in [0.25, 0.3) is 0 Å². The van der Waals surface area contributed by atoms with Gasteiger partial charge in [0.15, 0.2) is 12.3 Å². The number of nitrogens with zero attached hydrogens (tertiary/aromatic N) is 2.